The molecule has 0 fully saturated rings. The second-order valence-electron chi connectivity index (χ2n) is 3.15. The molecule has 2 unspecified atom stereocenters. The number of alkyl halides is 4. The van der Waals surface area contributed by atoms with Crippen LogP contribution in [-0.4, -0.2) is 29.6 Å². The summed E-state index contributed by atoms with van der Waals surface area (Å²) in [5.41, 5.74) is 0. The summed E-state index contributed by atoms with van der Waals surface area (Å²) in [6, 6.07) is 0. The van der Waals surface area contributed by atoms with Gasteiger partial charge in [-0.2, -0.15) is 0 Å². The monoisotopic (exact) mass is 338 g/mol. The highest BCUT2D eigenvalue weighted by molar-refractivity contribution is 14.1. The summed E-state index contributed by atoms with van der Waals surface area (Å²) < 4.78 is 40.5. The summed E-state index contributed by atoms with van der Waals surface area (Å²) in [5, 5.41) is 0. The van der Waals surface area contributed by atoms with Gasteiger partial charge in [0.25, 0.3) is 6.43 Å². The first-order chi connectivity index (χ1) is 6.97. The highest BCUT2D eigenvalue weighted by Crippen LogP contribution is 2.21. The van der Waals surface area contributed by atoms with Gasteiger partial charge in [0.05, 0.1) is 7.11 Å². The van der Waals surface area contributed by atoms with Gasteiger partial charge < -0.3 is 4.74 Å². The molecule has 0 aliphatic heterocycles. The Kier molecular flexibility index (Phi) is 8.17. The number of esters is 1. The fourth-order valence-electron chi connectivity index (χ4n) is 1.03. The number of hydrogen-bond donors (Lipinski definition) is 0. The Morgan fingerprint density at radius 2 is 2.00 bits per heavy atom. The molecule has 0 radical (unpaired) electrons. The average Bonchev–Trinajstić information content (AvgIpc) is 2.17. The molecule has 0 aromatic heterocycles. The van der Waals surface area contributed by atoms with Crippen molar-refractivity contribution in [1.29, 1.82) is 0 Å². The van der Waals surface area contributed by atoms with Crippen molar-refractivity contribution in [2.45, 2.75) is 42.2 Å². The lowest BCUT2D eigenvalue weighted by molar-refractivity contribution is -0.140. The van der Waals surface area contributed by atoms with Gasteiger partial charge in [0.2, 0.25) is 0 Å². The number of carbonyl (C=O) groups is 1. The molecule has 0 heterocycles. The number of ether oxygens (including phenoxy) is 1. The van der Waals surface area contributed by atoms with Gasteiger partial charge in [0, 0.05) is 10.3 Å². The van der Waals surface area contributed by atoms with Crippen molar-refractivity contribution in [1.82, 2.24) is 0 Å². The van der Waals surface area contributed by atoms with Crippen LogP contribution in [0, 0.1) is 0 Å². The Morgan fingerprint density at radius 1 is 1.40 bits per heavy atom. The van der Waals surface area contributed by atoms with E-state index in [1.807, 2.05) is 22.6 Å². The largest absolute Gasteiger partial charge is 0.469 e. The molecular weight excluding hydrogens is 324 g/mol. The van der Waals surface area contributed by atoms with Gasteiger partial charge in [-0.3, -0.25) is 4.79 Å². The fourth-order valence-corrected chi connectivity index (χ4v) is 1.96. The summed E-state index contributed by atoms with van der Waals surface area (Å²) in [6.07, 6.45) is -3.81. The van der Waals surface area contributed by atoms with Crippen molar-refractivity contribution in [2.24, 2.45) is 0 Å². The quantitative estimate of drug-likeness (QED) is 0.405. The van der Waals surface area contributed by atoms with Gasteiger partial charge in [-0.1, -0.05) is 22.6 Å². The van der Waals surface area contributed by atoms with Gasteiger partial charge in [0.15, 0.2) is 6.17 Å². The summed E-state index contributed by atoms with van der Waals surface area (Å²) in [7, 11) is 1.29. The smallest absolute Gasteiger partial charge is 0.305 e. The first-order valence-electron chi connectivity index (χ1n) is 4.60. The van der Waals surface area contributed by atoms with E-state index in [1.165, 1.54) is 7.11 Å². The predicted octanol–water partition coefficient (Wildman–Crippen LogP) is 3.13. The first-order valence-corrected chi connectivity index (χ1v) is 5.85. The van der Waals surface area contributed by atoms with E-state index >= 15 is 0 Å². The summed E-state index contributed by atoms with van der Waals surface area (Å²) in [4.78, 5) is 10.7. The molecule has 0 aromatic rings. The third kappa shape index (κ3) is 7.87. The minimum atomic E-state index is -2.91. The molecule has 15 heavy (non-hydrogen) atoms. The number of halogens is 4. The van der Waals surface area contributed by atoms with E-state index in [4.69, 9.17) is 0 Å². The molecule has 0 aromatic carbocycles. The van der Waals surface area contributed by atoms with Crippen LogP contribution < -0.4 is 0 Å². The van der Waals surface area contributed by atoms with E-state index in [2.05, 4.69) is 4.74 Å². The number of methoxy groups -OCH3 is 1. The van der Waals surface area contributed by atoms with Crippen molar-refractivity contribution >= 4 is 28.6 Å². The lowest BCUT2D eigenvalue weighted by Crippen LogP contribution is -2.17. The maximum absolute atomic E-state index is 12.6. The zero-order valence-electron chi connectivity index (χ0n) is 8.39. The van der Waals surface area contributed by atoms with Crippen LogP contribution in [-0.2, 0) is 9.53 Å². The lowest BCUT2D eigenvalue weighted by Gasteiger charge is -2.12. The van der Waals surface area contributed by atoms with Crippen molar-refractivity contribution in [3.05, 3.63) is 0 Å². The van der Waals surface area contributed by atoms with Crippen LogP contribution in [0.3, 0.4) is 0 Å². The molecule has 0 rings (SSSR count). The lowest BCUT2D eigenvalue weighted by atomic mass is 10.1. The molecule has 0 N–H and O–H groups in total. The van der Waals surface area contributed by atoms with Crippen molar-refractivity contribution in [2.75, 3.05) is 7.11 Å². The molecule has 0 bridgehead atoms. The molecule has 0 amide bonds. The fraction of sp³-hybridized carbons (Fsp3) is 0.889. The van der Waals surface area contributed by atoms with Crippen LogP contribution in [0.15, 0.2) is 0 Å². The Morgan fingerprint density at radius 3 is 2.47 bits per heavy atom. The third-order valence-corrected chi connectivity index (χ3v) is 3.01. The summed E-state index contributed by atoms with van der Waals surface area (Å²) in [6.45, 7) is 0. The SMILES string of the molecule is COC(=O)CCCC(I)CC(F)C(F)F. The molecule has 2 nitrogen and oxygen atoms in total. The minimum Gasteiger partial charge on any atom is -0.469 e. The maximum Gasteiger partial charge on any atom is 0.305 e. The molecule has 0 saturated carbocycles. The van der Waals surface area contributed by atoms with E-state index < -0.39 is 12.6 Å². The first kappa shape index (κ1) is 15.0. The van der Waals surface area contributed by atoms with Gasteiger partial charge in [0.1, 0.15) is 0 Å². The van der Waals surface area contributed by atoms with Gasteiger partial charge in [-0.15, -0.1) is 0 Å². The zero-order chi connectivity index (χ0) is 11.8. The maximum atomic E-state index is 12.6. The van der Waals surface area contributed by atoms with Crippen LogP contribution in [0.2, 0.25) is 0 Å². The van der Waals surface area contributed by atoms with Gasteiger partial charge in [-0.05, 0) is 19.3 Å². The van der Waals surface area contributed by atoms with E-state index in [0.717, 1.165) is 0 Å². The van der Waals surface area contributed by atoms with E-state index in [-0.39, 0.29) is 22.7 Å². The van der Waals surface area contributed by atoms with Crippen LogP contribution in [0.4, 0.5) is 13.2 Å². The second-order valence-corrected chi connectivity index (χ2v) is 4.91. The topological polar surface area (TPSA) is 26.3 Å². The van der Waals surface area contributed by atoms with Crippen LogP contribution >= 0.6 is 22.6 Å². The molecule has 6 heteroatoms. The summed E-state index contributed by atoms with van der Waals surface area (Å²) in [5.74, 6) is -0.329. The number of hydrogen-bond acceptors (Lipinski definition) is 2. The Hall–Kier alpha value is -0.0100. The average molecular weight is 338 g/mol. The zero-order valence-corrected chi connectivity index (χ0v) is 10.5. The molecule has 2 atom stereocenters. The van der Waals surface area contributed by atoms with E-state index in [9.17, 15) is 18.0 Å². The molecule has 90 valence electrons. The normalized spacial score (nSPS) is 15.1. The van der Waals surface area contributed by atoms with Crippen molar-refractivity contribution < 1.29 is 22.7 Å². The highest BCUT2D eigenvalue weighted by Gasteiger charge is 2.22. The molecular formula is C9H14F3IO2. The van der Waals surface area contributed by atoms with Crippen LogP contribution in [0.25, 0.3) is 0 Å². The number of rotatable bonds is 7. The molecule has 0 saturated heterocycles. The Labute approximate surface area is 101 Å². The number of carbonyl (C=O) groups excluding carboxylic acids is 1. The summed E-state index contributed by atoms with van der Waals surface area (Å²) >= 11 is 1.92. The van der Waals surface area contributed by atoms with Gasteiger partial charge >= 0.3 is 5.97 Å². The minimum absolute atomic E-state index is 0.167. The van der Waals surface area contributed by atoms with E-state index in [0.29, 0.717) is 12.8 Å². The van der Waals surface area contributed by atoms with Gasteiger partial charge in [-0.25, -0.2) is 13.2 Å². The third-order valence-electron chi connectivity index (χ3n) is 1.88. The van der Waals surface area contributed by atoms with Crippen molar-refractivity contribution in [3.63, 3.8) is 0 Å². The Balaban J connectivity index is 3.57. The second kappa shape index (κ2) is 8.18. The van der Waals surface area contributed by atoms with Crippen molar-refractivity contribution in [3.8, 4) is 0 Å². The van der Waals surface area contributed by atoms with E-state index in [1.54, 1.807) is 0 Å². The molecule has 0 aliphatic carbocycles. The highest BCUT2D eigenvalue weighted by atomic mass is 127. The van der Waals surface area contributed by atoms with Crippen LogP contribution in [0.1, 0.15) is 25.7 Å². The van der Waals surface area contributed by atoms with Crippen LogP contribution in [0.5, 0.6) is 0 Å². The Bertz CT molecular complexity index is 190. The standard InChI is InChI=1S/C9H14F3IO2/c1-15-8(14)4-2-3-6(13)5-7(10)9(11)12/h6-7,9H,2-5H2,1H3. The molecule has 0 spiro atoms. The molecule has 0 aliphatic rings. The predicted molar refractivity (Wildman–Crippen MR) is 59.2 cm³/mol.